The maximum Gasteiger partial charge on any atom is 0.243 e. The predicted octanol–water partition coefficient (Wildman–Crippen LogP) is 6.04. The summed E-state index contributed by atoms with van der Waals surface area (Å²) in [6.45, 7) is 2.23. The molecule has 1 fully saturated rings. The molecule has 2 amide bonds. The van der Waals surface area contributed by atoms with E-state index in [1.54, 1.807) is 4.90 Å². The van der Waals surface area contributed by atoms with E-state index in [0.29, 0.717) is 12.8 Å². The first-order valence-electron chi connectivity index (χ1n) is 12.7. The Morgan fingerprint density at radius 2 is 1.55 bits per heavy atom. The predicted molar refractivity (Wildman–Crippen MR) is 129 cm³/mol. The van der Waals surface area contributed by atoms with E-state index in [1.807, 2.05) is 37.4 Å². The van der Waals surface area contributed by atoms with Crippen LogP contribution in [0.3, 0.4) is 0 Å². The Morgan fingerprint density at radius 3 is 2.19 bits per heavy atom. The third-order valence-corrected chi connectivity index (χ3v) is 6.63. The Balaban J connectivity index is 1.91. The van der Waals surface area contributed by atoms with Crippen LogP contribution in [0.1, 0.15) is 102 Å². The van der Waals surface area contributed by atoms with Crippen LogP contribution in [0.2, 0.25) is 0 Å². The Labute approximate surface area is 190 Å². The van der Waals surface area contributed by atoms with Crippen molar-refractivity contribution in [1.82, 2.24) is 10.2 Å². The lowest BCUT2D eigenvalue weighted by Gasteiger charge is -2.29. The molecule has 1 saturated carbocycles. The number of nitrogens with zero attached hydrogens (tertiary/aromatic N) is 1. The Hall–Kier alpha value is -1.84. The third kappa shape index (κ3) is 9.88. The Morgan fingerprint density at radius 1 is 0.935 bits per heavy atom. The number of hydrogen-bond donors (Lipinski definition) is 1. The number of unbranched alkanes of at least 4 members (excludes halogenated alkanes) is 6. The summed E-state index contributed by atoms with van der Waals surface area (Å²) in [5.41, 5.74) is 1.10. The average molecular weight is 429 g/mol. The maximum absolute atomic E-state index is 13.2. The van der Waals surface area contributed by atoms with Crippen LogP contribution in [-0.4, -0.2) is 35.8 Å². The van der Waals surface area contributed by atoms with Gasteiger partial charge in [0.15, 0.2) is 0 Å². The van der Waals surface area contributed by atoms with Gasteiger partial charge in [-0.25, -0.2) is 0 Å². The van der Waals surface area contributed by atoms with Gasteiger partial charge in [0.2, 0.25) is 11.8 Å². The molecule has 0 spiro atoms. The van der Waals surface area contributed by atoms with Crippen molar-refractivity contribution < 1.29 is 9.59 Å². The van der Waals surface area contributed by atoms with E-state index in [9.17, 15) is 9.59 Å². The summed E-state index contributed by atoms with van der Waals surface area (Å²) in [7, 11) is 1.81. The minimum absolute atomic E-state index is 0.00571. The van der Waals surface area contributed by atoms with Gasteiger partial charge in [-0.1, -0.05) is 101 Å². The maximum atomic E-state index is 13.2. The van der Waals surface area contributed by atoms with Crippen LogP contribution in [-0.2, 0) is 16.0 Å². The first-order valence-corrected chi connectivity index (χ1v) is 12.7. The largest absolute Gasteiger partial charge is 0.352 e. The summed E-state index contributed by atoms with van der Waals surface area (Å²) in [5, 5.41) is 3.28. The van der Waals surface area contributed by atoms with Gasteiger partial charge in [0, 0.05) is 25.9 Å². The third-order valence-electron chi connectivity index (χ3n) is 6.63. The SMILES string of the molecule is CCCCCCCCCC(=O)N(C)[C@@H](Cc1ccccc1)C(=O)NC1CCCCCC1. The fourth-order valence-electron chi connectivity index (χ4n) is 4.55. The van der Waals surface area contributed by atoms with Crippen molar-refractivity contribution in [2.45, 2.75) is 115 Å². The Bertz CT molecular complexity index is 623. The van der Waals surface area contributed by atoms with Gasteiger partial charge in [-0.15, -0.1) is 0 Å². The first kappa shape index (κ1) is 25.4. The summed E-state index contributed by atoms with van der Waals surface area (Å²) in [6, 6.07) is 9.87. The normalized spacial score (nSPS) is 15.8. The van der Waals surface area contributed by atoms with E-state index in [-0.39, 0.29) is 17.9 Å². The van der Waals surface area contributed by atoms with Crippen molar-refractivity contribution in [3.8, 4) is 0 Å². The van der Waals surface area contributed by atoms with E-state index in [2.05, 4.69) is 12.2 Å². The van der Waals surface area contributed by atoms with Crippen LogP contribution >= 0.6 is 0 Å². The summed E-state index contributed by atoms with van der Waals surface area (Å²) in [6.07, 6.45) is 16.4. The number of likely N-dealkylation sites (N-methyl/N-ethyl adjacent to an activating group) is 1. The van der Waals surface area contributed by atoms with Gasteiger partial charge in [0.05, 0.1) is 0 Å². The topological polar surface area (TPSA) is 49.4 Å². The number of carbonyl (C=O) groups is 2. The minimum atomic E-state index is -0.442. The number of hydrogen-bond acceptors (Lipinski definition) is 2. The lowest BCUT2D eigenvalue weighted by molar-refractivity contribution is -0.139. The molecule has 1 aromatic rings. The van der Waals surface area contributed by atoms with Crippen LogP contribution in [0.25, 0.3) is 0 Å². The van der Waals surface area contributed by atoms with Crippen molar-refractivity contribution in [2.75, 3.05) is 7.05 Å². The highest BCUT2D eigenvalue weighted by Crippen LogP contribution is 2.18. The van der Waals surface area contributed by atoms with Gasteiger partial charge in [0.25, 0.3) is 0 Å². The van der Waals surface area contributed by atoms with Gasteiger partial charge in [-0.2, -0.15) is 0 Å². The smallest absolute Gasteiger partial charge is 0.243 e. The van der Waals surface area contributed by atoms with Crippen LogP contribution in [0.5, 0.6) is 0 Å². The number of benzene rings is 1. The number of rotatable bonds is 13. The second-order valence-electron chi connectivity index (χ2n) is 9.28. The minimum Gasteiger partial charge on any atom is -0.352 e. The van der Waals surface area contributed by atoms with E-state index in [4.69, 9.17) is 0 Å². The molecule has 1 atom stereocenters. The first-order chi connectivity index (χ1) is 15.1. The fourth-order valence-corrected chi connectivity index (χ4v) is 4.55. The van der Waals surface area contributed by atoms with Gasteiger partial charge < -0.3 is 10.2 Å². The van der Waals surface area contributed by atoms with Crippen molar-refractivity contribution in [2.24, 2.45) is 0 Å². The molecule has 4 heteroatoms. The van der Waals surface area contributed by atoms with Gasteiger partial charge >= 0.3 is 0 Å². The second-order valence-corrected chi connectivity index (χ2v) is 9.28. The quantitative estimate of drug-likeness (QED) is 0.308. The van der Waals surface area contributed by atoms with Crippen molar-refractivity contribution in [3.05, 3.63) is 35.9 Å². The molecule has 1 aliphatic rings. The number of nitrogens with one attached hydrogen (secondary N) is 1. The molecule has 0 saturated heterocycles. The molecule has 174 valence electrons. The summed E-state index contributed by atoms with van der Waals surface area (Å²) < 4.78 is 0. The number of carbonyl (C=O) groups excluding carboxylic acids is 2. The zero-order chi connectivity index (χ0) is 22.3. The second kappa shape index (κ2) is 15.0. The monoisotopic (exact) mass is 428 g/mol. The van der Waals surface area contributed by atoms with E-state index >= 15 is 0 Å². The zero-order valence-corrected chi connectivity index (χ0v) is 19.9. The Kier molecular flexibility index (Phi) is 12.3. The van der Waals surface area contributed by atoms with Crippen LogP contribution in [0, 0.1) is 0 Å². The molecule has 4 nitrogen and oxygen atoms in total. The zero-order valence-electron chi connectivity index (χ0n) is 19.9. The highest BCUT2D eigenvalue weighted by Gasteiger charge is 2.28. The highest BCUT2D eigenvalue weighted by molar-refractivity contribution is 5.88. The molecule has 31 heavy (non-hydrogen) atoms. The molecule has 0 radical (unpaired) electrons. The van der Waals surface area contributed by atoms with E-state index in [1.165, 1.54) is 57.8 Å². The molecule has 1 aromatic carbocycles. The number of amides is 2. The fraction of sp³-hybridized carbons (Fsp3) is 0.704. The van der Waals surface area contributed by atoms with E-state index < -0.39 is 6.04 Å². The van der Waals surface area contributed by atoms with Crippen molar-refractivity contribution in [3.63, 3.8) is 0 Å². The summed E-state index contributed by atoms with van der Waals surface area (Å²) in [4.78, 5) is 27.9. The van der Waals surface area contributed by atoms with Gasteiger partial charge in [0.1, 0.15) is 6.04 Å². The van der Waals surface area contributed by atoms with Gasteiger partial charge in [-0.3, -0.25) is 9.59 Å². The highest BCUT2D eigenvalue weighted by atomic mass is 16.2. The molecule has 0 heterocycles. The molecular weight excluding hydrogens is 384 g/mol. The van der Waals surface area contributed by atoms with E-state index in [0.717, 1.165) is 31.2 Å². The van der Waals surface area contributed by atoms with Crippen LogP contribution < -0.4 is 5.32 Å². The standard InChI is InChI=1S/C27H44N2O2/c1-3-4-5-6-7-8-16-21-26(30)29(2)25(22-23-17-12-11-13-18-23)27(31)28-24-19-14-9-10-15-20-24/h11-13,17-18,24-25H,3-10,14-16,19-22H2,1-2H3,(H,28,31)/t25-/m0/s1. The molecule has 0 aromatic heterocycles. The molecule has 0 bridgehead atoms. The van der Waals surface area contributed by atoms with Crippen molar-refractivity contribution >= 4 is 11.8 Å². The van der Waals surface area contributed by atoms with Crippen molar-refractivity contribution in [1.29, 1.82) is 0 Å². The molecule has 2 rings (SSSR count). The van der Waals surface area contributed by atoms with Crippen LogP contribution in [0.4, 0.5) is 0 Å². The van der Waals surface area contributed by atoms with Crippen LogP contribution in [0.15, 0.2) is 30.3 Å². The molecule has 0 aliphatic heterocycles. The molecule has 1 aliphatic carbocycles. The summed E-state index contributed by atoms with van der Waals surface area (Å²) >= 11 is 0. The molecule has 1 N–H and O–H groups in total. The average Bonchev–Trinajstić information content (AvgIpc) is 3.05. The lowest BCUT2D eigenvalue weighted by Crippen LogP contribution is -2.51. The molecule has 0 unspecified atom stereocenters. The lowest BCUT2D eigenvalue weighted by atomic mass is 10.0. The molecular formula is C27H44N2O2. The van der Waals surface area contributed by atoms with Gasteiger partial charge in [-0.05, 0) is 24.8 Å². The summed E-state index contributed by atoms with van der Waals surface area (Å²) in [5.74, 6) is 0.0941.